The summed E-state index contributed by atoms with van der Waals surface area (Å²) in [6.45, 7) is 0. The van der Waals surface area contributed by atoms with Crippen molar-refractivity contribution in [1.82, 2.24) is 0 Å². The zero-order valence-electron chi connectivity index (χ0n) is 29.2. The minimum atomic E-state index is -0.503. The van der Waals surface area contributed by atoms with Gasteiger partial charge in [-0.2, -0.15) is 0 Å². The Balaban J connectivity index is 1.16. The average molecular weight is 722 g/mol. The summed E-state index contributed by atoms with van der Waals surface area (Å²) in [5, 5.41) is 7.86. The first-order valence-corrected chi connectivity index (χ1v) is 20.1. The summed E-state index contributed by atoms with van der Waals surface area (Å²) in [7, 11) is 0. The molecule has 2 aliphatic rings. The first-order chi connectivity index (χ1) is 26.8. The van der Waals surface area contributed by atoms with E-state index in [2.05, 4.69) is 193 Å². The lowest BCUT2D eigenvalue weighted by Crippen LogP contribution is -2.36. The third-order valence-corrected chi connectivity index (χ3v) is 14.0. The predicted molar refractivity (Wildman–Crippen MR) is 230 cm³/mol. The number of para-hydroxylation sites is 1. The Kier molecular flexibility index (Phi) is 6.42. The molecule has 1 aliphatic heterocycles. The van der Waals surface area contributed by atoms with Crippen molar-refractivity contribution in [2.24, 2.45) is 0 Å². The quantitative estimate of drug-likeness (QED) is 0.179. The number of thiophene rings is 1. The largest absolute Gasteiger partial charge is 0.310 e. The van der Waals surface area contributed by atoms with Crippen LogP contribution in [0.15, 0.2) is 198 Å². The van der Waals surface area contributed by atoms with E-state index in [4.69, 9.17) is 0 Å². The molecule has 1 aromatic heterocycles. The van der Waals surface area contributed by atoms with E-state index in [0.29, 0.717) is 0 Å². The van der Waals surface area contributed by atoms with Crippen LogP contribution in [-0.4, -0.2) is 0 Å². The molecule has 0 amide bonds. The molecule has 0 saturated heterocycles. The lowest BCUT2D eigenvalue weighted by atomic mass is 9.59. The zero-order chi connectivity index (χ0) is 35.4. The van der Waals surface area contributed by atoms with Crippen LogP contribution in [-0.2, 0) is 5.41 Å². The molecule has 0 N–H and O–H groups in total. The molecule has 54 heavy (non-hydrogen) atoms. The van der Waals surface area contributed by atoms with Crippen LogP contribution in [0.3, 0.4) is 0 Å². The third kappa shape index (κ3) is 4.11. The number of nitrogens with zero attached hydrogens (tertiary/aromatic N) is 1. The second kappa shape index (κ2) is 11.4. The standard InChI is InChI=1S/C51H31NS2/c1-2-15-34(16-3-1)52(36-26-29-39-41-27-24-32-12-4-5-17-37(32)50(41)54-48(39)31-36)35-25-28-38-40-18-10-13-33-14-11-21-44(49(33)40)51(45(38)30-35)42-19-6-8-22-46(42)53-47-23-9-7-20-43(47)51/h1-31H. The summed E-state index contributed by atoms with van der Waals surface area (Å²) in [5.74, 6) is 0. The maximum absolute atomic E-state index is 2.50. The van der Waals surface area contributed by atoms with Gasteiger partial charge in [-0.1, -0.05) is 151 Å². The minimum Gasteiger partial charge on any atom is -0.310 e. The van der Waals surface area contributed by atoms with E-state index in [9.17, 15) is 0 Å². The number of fused-ring (bicyclic) bond motifs is 13. The van der Waals surface area contributed by atoms with Gasteiger partial charge in [-0.15, -0.1) is 11.3 Å². The highest BCUT2D eigenvalue weighted by molar-refractivity contribution is 7.99. The van der Waals surface area contributed by atoms with E-state index in [1.54, 1.807) is 0 Å². The summed E-state index contributed by atoms with van der Waals surface area (Å²) < 4.78 is 2.64. The number of anilines is 3. The fraction of sp³-hybridized carbons (Fsp3) is 0.0196. The second-order valence-corrected chi connectivity index (χ2v) is 16.5. The summed E-state index contributed by atoms with van der Waals surface area (Å²) in [4.78, 5) is 5.07. The van der Waals surface area contributed by atoms with E-state index in [-0.39, 0.29) is 0 Å². The number of rotatable bonds is 3. The van der Waals surface area contributed by atoms with Crippen molar-refractivity contribution in [3.05, 3.63) is 210 Å². The smallest absolute Gasteiger partial charge is 0.0736 e. The molecular weight excluding hydrogens is 691 g/mol. The van der Waals surface area contributed by atoms with Gasteiger partial charge < -0.3 is 4.90 Å². The van der Waals surface area contributed by atoms with Crippen molar-refractivity contribution in [3.8, 4) is 11.1 Å². The van der Waals surface area contributed by atoms with Gasteiger partial charge in [0.25, 0.3) is 0 Å². The van der Waals surface area contributed by atoms with Gasteiger partial charge in [0, 0.05) is 47.0 Å². The monoisotopic (exact) mass is 721 g/mol. The normalized spacial score (nSPS) is 13.6. The molecule has 1 aliphatic carbocycles. The number of benzene rings is 9. The van der Waals surface area contributed by atoms with Gasteiger partial charge >= 0.3 is 0 Å². The van der Waals surface area contributed by atoms with Crippen LogP contribution in [0.25, 0.3) is 52.8 Å². The second-order valence-electron chi connectivity index (χ2n) is 14.4. The Labute approximate surface area is 321 Å². The molecular formula is C51H31NS2. The van der Waals surface area contributed by atoms with E-state index in [1.807, 2.05) is 23.1 Å². The van der Waals surface area contributed by atoms with Crippen LogP contribution in [0.5, 0.6) is 0 Å². The summed E-state index contributed by atoms with van der Waals surface area (Å²) in [5.41, 5.74) is 10.9. The van der Waals surface area contributed by atoms with Gasteiger partial charge in [-0.05, 0) is 103 Å². The number of hydrogen-bond donors (Lipinski definition) is 0. The minimum absolute atomic E-state index is 0.503. The van der Waals surface area contributed by atoms with E-state index in [1.165, 1.54) is 84.9 Å². The summed E-state index contributed by atoms with van der Waals surface area (Å²) in [6.07, 6.45) is 0. The summed E-state index contributed by atoms with van der Waals surface area (Å²) >= 11 is 3.79. The lowest BCUT2D eigenvalue weighted by Gasteiger charge is -2.46. The van der Waals surface area contributed by atoms with Gasteiger partial charge in [-0.3, -0.25) is 0 Å². The van der Waals surface area contributed by atoms with E-state index < -0.39 is 5.41 Å². The van der Waals surface area contributed by atoms with Crippen LogP contribution >= 0.6 is 23.1 Å². The van der Waals surface area contributed by atoms with Gasteiger partial charge in [0.05, 0.1) is 5.41 Å². The highest BCUT2D eigenvalue weighted by Crippen LogP contribution is 2.62. The molecule has 10 aromatic rings. The van der Waals surface area contributed by atoms with Crippen molar-refractivity contribution in [3.63, 3.8) is 0 Å². The Morgan fingerprint density at radius 3 is 1.87 bits per heavy atom. The predicted octanol–water partition coefficient (Wildman–Crippen LogP) is 14.7. The fourth-order valence-corrected chi connectivity index (χ4v) is 11.9. The van der Waals surface area contributed by atoms with Gasteiger partial charge in [-0.25, -0.2) is 0 Å². The highest BCUT2D eigenvalue weighted by atomic mass is 32.2. The third-order valence-electron chi connectivity index (χ3n) is 11.7. The maximum atomic E-state index is 2.50. The molecule has 0 radical (unpaired) electrons. The Hall–Kier alpha value is -6.13. The van der Waals surface area contributed by atoms with Gasteiger partial charge in [0.15, 0.2) is 0 Å². The van der Waals surface area contributed by atoms with Crippen molar-refractivity contribution in [2.75, 3.05) is 4.90 Å². The number of hydrogen-bond acceptors (Lipinski definition) is 3. The molecule has 0 atom stereocenters. The molecule has 0 fully saturated rings. The molecule has 12 rings (SSSR count). The van der Waals surface area contributed by atoms with Crippen LogP contribution in [0.2, 0.25) is 0 Å². The fourth-order valence-electron chi connectivity index (χ4n) is 9.47. The maximum Gasteiger partial charge on any atom is 0.0736 e. The zero-order valence-corrected chi connectivity index (χ0v) is 30.8. The topological polar surface area (TPSA) is 3.24 Å². The Morgan fingerprint density at radius 2 is 1.04 bits per heavy atom. The van der Waals surface area contributed by atoms with Gasteiger partial charge in [0.1, 0.15) is 0 Å². The lowest BCUT2D eigenvalue weighted by molar-refractivity contribution is 0.707. The molecule has 0 bridgehead atoms. The van der Waals surface area contributed by atoms with E-state index in [0.717, 1.165) is 17.1 Å². The van der Waals surface area contributed by atoms with Crippen LogP contribution < -0.4 is 4.90 Å². The molecule has 252 valence electrons. The van der Waals surface area contributed by atoms with Gasteiger partial charge in [0.2, 0.25) is 0 Å². The molecule has 0 unspecified atom stereocenters. The van der Waals surface area contributed by atoms with Crippen molar-refractivity contribution in [2.45, 2.75) is 15.2 Å². The van der Waals surface area contributed by atoms with Crippen LogP contribution in [0.1, 0.15) is 22.3 Å². The first-order valence-electron chi connectivity index (χ1n) is 18.5. The average Bonchev–Trinajstić information content (AvgIpc) is 3.61. The molecule has 9 aromatic carbocycles. The van der Waals surface area contributed by atoms with Crippen molar-refractivity contribution < 1.29 is 0 Å². The Bertz CT molecular complexity index is 3110. The molecule has 1 nitrogen and oxygen atoms in total. The van der Waals surface area contributed by atoms with Crippen molar-refractivity contribution >= 4 is 81.9 Å². The van der Waals surface area contributed by atoms with E-state index >= 15 is 0 Å². The molecule has 2 heterocycles. The van der Waals surface area contributed by atoms with Crippen LogP contribution in [0.4, 0.5) is 17.1 Å². The highest BCUT2D eigenvalue weighted by Gasteiger charge is 2.48. The molecule has 0 saturated carbocycles. The molecule has 1 spiro atoms. The Morgan fingerprint density at radius 1 is 0.389 bits per heavy atom. The summed E-state index contributed by atoms with van der Waals surface area (Å²) in [6, 6.07) is 70.3. The molecule has 3 heteroatoms. The van der Waals surface area contributed by atoms with Crippen molar-refractivity contribution in [1.29, 1.82) is 0 Å². The SMILES string of the molecule is c1ccc(N(c2ccc3c(c2)C2(c4ccccc4Sc4ccccc42)c2cccc4cccc-3c24)c2ccc3c(c2)sc2c4ccccc4ccc32)cc1. The first kappa shape index (κ1) is 30.3. The van der Waals surface area contributed by atoms with Crippen LogP contribution in [0, 0.1) is 0 Å².